The number of aryl methyl sites for hydroxylation is 1. The van der Waals surface area contributed by atoms with Gasteiger partial charge in [0.2, 0.25) is 11.7 Å². The summed E-state index contributed by atoms with van der Waals surface area (Å²) in [6, 6.07) is 1.84. The zero-order valence-corrected chi connectivity index (χ0v) is 9.99. The zero-order valence-electron chi connectivity index (χ0n) is 9.17. The van der Waals surface area contributed by atoms with Crippen LogP contribution < -0.4 is 0 Å². The van der Waals surface area contributed by atoms with Crippen molar-refractivity contribution in [1.82, 2.24) is 10.1 Å². The van der Waals surface area contributed by atoms with E-state index in [0.29, 0.717) is 23.2 Å². The summed E-state index contributed by atoms with van der Waals surface area (Å²) in [7, 11) is 0. The van der Waals surface area contributed by atoms with Crippen molar-refractivity contribution in [2.45, 2.75) is 12.8 Å². The molecule has 0 bridgehead atoms. The fraction of sp³-hybridized carbons (Fsp3) is 0.364. The summed E-state index contributed by atoms with van der Waals surface area (Å²) in [5.74, 6) is 2.55. The predicted molar refractivity (Wildman–Crippen MR) is 61.8 cm³/mol. The fourth-order valence-electron chi connectivity index (χ4n) is 1.75. The molecule has 5 nitrogen and oxygen atoms in total. The van der Waals surface area contributed by atoms with Crippen LogP contribution in [0.15, 0.2) is 21.3 Å². The molecule has 6 heteroatoms. The van der Waals surface area contributed by atoms with Crippen molar-refractivity contribution >= 4 is 17.5 Å². The van der Waals surface area contributed by atoms with E-state index < -0.39 is 0 Å². The molecule has 88 valence electrons. The molecule has 0 amide bonds. The van der Waals surface area contributed by atoms with Crippen LogP contribution in [0.25, 0.3) is 11.6 Å². The van der Waals surface area contributed by atoms with Gasteiger partial charge >= 0.3 is 0 Å². The van der Waals surface area contributed by atoms with E-state index in [9.17, 15) is 4.79 Å². The first kappa shape index (κ1) is 10.6. The average Bonchev–Trinajstić information content (AvgIpc) is 2.97. The molecule has 2 aromatic heterocycles. The Morgan fingerprint density at radius 2 is 2.41 bits per heavy atom. The lowest BCUT2D eigenvalue weighted by atomic mass is 10.1. The quantitative estimate of drug-likeness (QED) is 0.812. The van der Waals surface area contributed by atoms with Crippen LogP contribution in [-0.2, 0) is 4.79 Å². The highest BCUT2D eigenvalue weighted by Crippen LogP contribution is 2.30. The number of furan rings is 1. The molecule has 0 aliphatic carbocycles. The Hall–Kier alpha value is -1.56. The van der Waals surface area contributed by atoms with Gasteiger partial charge in [0.05, 0.1) is 12.0 Å². The summed E-state index contributed by atoms with van der Waals surface area (Å²) in [4.78, 5) is 15.8. The Balaban J connectivity index is 1.93. The Morgan fingerprint density at radius 3 is 3.06 bits per heavy atom. The molecule has 0 aromatic carbocycles. The molecule has 1 saturated heterocycles. The van der Waals surface area contributed by atoms with Crippen LogP contribution in [0.3, 0.4) is 0 Å². The van der Waals surface area contributed by atoms with Gasteiger partial charge in [-0.05, 0) is 18.6 Å². The van der Waals surface area contributed by atoms with Crippen molar-refractivity contribution in [3.63, 3.8) is 0 Å². The third kappa shape index (κ3) is 1.78. The van der Waals surface area contributed by atoms with Gasteiger partial charge in [-0.15, -0.1) is 0 Å². The van der Waals surface area contributed by atoms with Crippen LogP contribution in [0.2, 0.25) is 0 Å². The minimum absolute atomic E-state index is 0.154. The number of hydrogen-bond acceptors (Lipinski definition) is 6. The summed E-state index contributed by atoms with van der Waals surface area (Å²) < 4.78 is 10.4. The van der Waals surface area contributed by atoms with Gasteiger partial charge in [0, 0.05) is 5.75 Å². The fourth-order valence-corrected chi connectivity index (χ4v) is 2.84. The van der Waals surface area contributed by atoms with Gasteiger partial charge in [-0.3, -0.25) is 4.79 Å². The number of Topliss-reactive ketones (excluding diaryl/α,β-unsaturated/α-hetero) is 1. The number of aromatic nitrogens is 2. The largest absolute Gasteiger partial charge is 0.461 e. The zero-order chi connectivity index (χ0) is 11.8. The Labute approximate surface area is 102 Å². The lowest BCUT2D eigenvalue weighted by Crippen LogP contribution is -2.09. The molecule has 1 unspecified atom stereocenters. The molecule has 3 rings (SSSR count). The molecule has 1 aliphatic rings. The lowest BCUT2D eigenvalue weighted by Gasteiger charge is -1.97. The van der Waals surface area contributed by atoms with Crippen LogP contribution in [-0.4, -0.2) is 27.4 Å². The second-order valence-corrected chi connectivity index (χ2v) is 4.95. The van der Waals surface area contributed by atoms with Crippen LogP contribution in [0.5, 0.6) is 0 Å². The first-order valence-corrected chi connectivity index (χ1v) is 6.39. The van der Waals surface area contributed by atoms with Crippen molar-refractivity contribution in [1.29, 1.82) is 0 Å². The van der Waals surface area contributed by atoms with Crippen molar-refractivity contribution in [3.05, 3.63) is 23.8 Å². The third-order valence-corrected chi connectivity index (χ3v) is 3.78. The molecule has 1 fully saturated rings. The van der Waals surface area contributed by atoms with Crippen molar-refractivity contribution in [3.8, 4) is 11.6 Å². The van der Waals surface area contributed by atoms with E-state index in [1.54, 1.807) is 18.0 Å². The van der Waals surface area contributed by atoms with E-state index in [1.165, 1.54) is 0 Å². The molecule has 1 atom stereocenters. The van der Waals surface area contributed by atoms with Crippen molar-refractivity contribution in [2.24, 2.45) is 0 Å². The molecular formula is C11H10N2O3S. The first-order chi connectivity index (χ1) is 8.25. The van der Waals surface area contributed by atoms with Crippen LogP contribution in [0.1, 0.15) is 17.4 Å². The normalized spacial score (nSPS) is 20.1. The molecule has 0 spiro atoms. The van der Waals surface area contributed by atoms with Gasteiger partial charge in [-0.1, -0.05) is 5.16 Å². The van der Waals surface area contributed by atoms with Gasteiger partial charge in [-0.2, -0.15) is 16.7 Å². The van der Waals surface area contributed by atoms with Crippen molar-refractivity contribution in [2.75, 3.05) is 11.5 Å². The molecular weight excluding hydrogens is 240 g/mol. The highest BCUT2D eigenvalue weighted by Gasteiger charge is 2.32. The smallest absolute Gasteiger partial charge is 0.238 e. The van der Waals surface area contributed by atoms with Crippen molar-refractivity contribution < 1.29 is 13.7 Å². The molecule has 17 heavy (non-hydrogen) atoms. The number of carbonyl (C=O) groups excluding carboxylic acids is 1. The molecule has 3 heterocycles. The lowest BCUT2D eigenvalue weighted by molar-refractivity contribution is -0.117. The Kier molecular flexibility index (Phi) is 2.51. The predicted octanol–water partition coefficient (Wildman–Crippen LogP) is 2.04. The van der Waals surface area contributed by atoms with Gasteiger partial charge in [-0.25, -0.2) is 0 Å². The van der Waals surface area contributed by atoms with Gasteiger partial charge < -0.3 is 8.94 Å². The van der Waals surface area contributed by atoms with Crippen LogP contribution in [0.4, 0.5) is 0 Å². The van der Waals surface area contributed by atoms with Crippen LogP contribution in [0, 0.1) is 6.92 Å². The standard InChI is InChI=1S/C11H10N2O3S/c1-6-2-3-15-9(6)10-12-11(16-13-10)7-4-17-5-8(7)14/h2-3,7H,4-5H2,1H3. The molecule has 1 aliphatic heterocycles. The average molecular weight is 250 g/mol. The number of rotatable bonds is 2. The molecule has 0 saturated carbocycles. The summed E-state index contributed by atoms with van der Waals surface area (Å²) in [5, 5.41) is 3.86. The second-order valence-electron chi connectivity index (χ2n) is 3.92. The summed E-state index contributed by atoms with van der Waals surface area (Å²) in [5.41, 5.74) is 0.949. The van der Waals surface area contributed by atoms with E-state index in [1.807, 2.05) is 13.0 Å². The minimum atomic E-state index is -0.253. The molecule has 2 aromatic rings. The second kappa shape index (κ2) is 4.03. The van der Waals surface area contributed by atoms with Gasteiger partial charge in [0.25, 0.3) is 0 Å². The van der Waals surface area contributed by atoms with Gasteiger partial charge in [0.15, 0.2) is 11.5 Å². The van der Waals surface area contributed by atoms with Crippen LogP contribution >= 0.6 is 11.8 Å². The summed E-state index contributed by atoms with van der Waals surface area (Å²) in [6.07, 6.45) is 1.58. The maximum absolute atomic E-state index is 11.6. The molecule has 0 N–H and O–H groups in total. The topological polar surface area (TPSA) is 69.1 Å². The number of carbonyl (C=O) groups is 1. The van der Waals surface area contributed by atoms with E-state index in [2.05, 4.69) is 10.1 Å². The number of nitrogens with zero attached hydrogens (tertiary/aromatic N) is 2. The third-order valence-electron chi connectivity index (χ3n) is 2.72. The SMILES string of the molecule is Cc1ccoc1-c1noc(C2CSCC2=O)n1. The van der Waals surface area contributed by atoms with Gasteiger partial charge in [0.1, 0.15) is 5.92 Å². The van der Waals surface area contributed by atoms with E-state index in [0.717, 1.165) is 11.3 Å². The van der Waals surface area contributed by atoms with E-state index >= 15 is 0 Å². The monoisotopic (exact) mass is 250 g/mol. The molecule has 0 radical (unpaired) electrons. The number of thioether (sulfide) groups is 1. The minimum Gasteiger partial charge on any atom is -0.461 e. The van der Waals surface area contributed by atoms with E-state index in [4.69, 9.17) is 8.94 Å². The number of ketones is 1. The maximum atomic E-state index is 11.6. The first-order valence-electron chi connectivity index (χ1n) is 5.24. The summed E-state index contributed by atoms with van der Waals surface area (Å²) in [6.45, 7) is 1.91. The Bertz CT molecular complexity index is 561. The van der Waals surface area contributed by atoms with E-state index in [-0.39, 0.29) is 11.7 Å². The number of hydrogen-bond donors (Lipinski definition) is 0. The highest BCUT2D eigenvalue weighted by atomic mass is 32.2. The highest BCUT2D eigenvalue weighted by molar-refractivity contribution is 8.00. The Morgan fingerprint density at radius 1 is 1.53 bits per heavy atom. The maximum Gasteiger partial charge on any atom is 0.238 e. The summed E-state index contributed by atoms with van der Waals surface area (Å²) >= 11 is 1.59.